The first-order chi connectivity index (χ1) is 8.75. The highest BCUT2D eigenvalue weighted by Crippen LogP contribution is 2.33. The van der Waals surface area contributed by atoms with Crippen molar-refractivity contribution in [1.82, 2.24) is 25.0 Å². The van der Waals surface area contributed by atoms with E-state index in [2.05, 4.69) is 27.4 Å². The lowest BCUT2D eigenvalue weighted by Crippen LogP contribution is -2.36. The Morgan fingerprint density at radius 3 is 3.06 bits per heavy atom. The van der Waals surface area contributed by atoms with Gasteiger partial charge in [0, 0.05) is 19.4 Å². The molecule has 1 atom stereocenters. The number of hydrogen-bond acceptors (Lipinski definition) is 5. The van der Waals surface area contributed by atoms with Gasteiger partial charge >= 0.3 is 0 Å². The molecule has 2 aromatic heterocycles. The molecule has 0 aliphatic carbocycles. The first kappa shape index (κ1) is 11.4. The van der Waals surface area contributed by atoms with E-state index in [9.17, 15) is 0 Å². The maximum absolute atomic E-state index is 5.44. The van der Waals surface area contributed by atoms with E-state index in [4.69, 9.17) is 4.52 Å². The molecule has 0 bridgehead atoms. The number of imidazole rings is 1. The molecule has 0 saturated carbocycles. The Labute approximate surface area is 105 Å². The topological polar surface area (TPSA) is 68.8 Å². The van der Waals surface area contributed by atoms with E-state index in [0.717, 1.165) is 31.6 Å². The quantitative estimate of drug-likeness (QED) is 0.889. The molecule has 3 heterocycles. The summed E-state index contributed by atoms with van der Waals surface area (Å²) in [5, 5.41) is 7.53. The minimum absolute atomic E-state index is 0.142. The summed E-state index contributed by atoms with van der Waals surface area (Å²) in [6.07, 6.45) is 6.75. The van der Waals surface area contributed by atoms with Gasteiger partial charge in [0.1, 0.15) is 0 Å². The second-order valence-corrected chi connectivity index (χ2v) is 4.75. The van der Waals surface area contributed by atoms with Crippen molar-refractivity contribution in [2.45, 2.75) is 31.7 Å². The number of nitrogens with one attached hydrogen (secondary N) is 1. The van der Waals surface area contributed by atoms with E-state index in [1.165, 1.54) is 0 Å². The van der Waals surface area contributed by atoms with E-state index in [1.54, 1.807) is 6.20 Å². The maximum Gasteiger partial charge on any atom is 0.247 e. The number of aromatic nitrogens is 4. The first-order valence-corrected chi connectivity index (χ1v) is 6.32. The van der Waals surface area contributed by atoms with Crippen molar-refractivity contribution in [2.75, 3.05) is 6.54 Å². The van der Waals surface area contributed by atoms with Crippen LogP contribution in [0.1, 0.15) is 32.1 Å². The van der Waals surface area contributed by atoms with Gasteiger partial charge < -0.3 is 14.4 Å². The van der Waals surface area contributed by atoms with Gasteiger partial charge in [0.2, 0.25) is 11.7 Å². The van der Waals surface area contributed by atoms with Gasteiger partial charge in [-0.3, -0.25) is 0 Å². The van der Waals surface area contributed by atoms with Gasteiger partial charge in [-0.25, -0.2) is 4.98 Å². The zero-order valence-corrected chi connectivity index (χ0v) is 10.7. The molecule has 1 aliphatic heterocycles. The van der Waals surface area contributed by atoms with Crippen LogP contribution >= 0.6 is 0 Å². The van der Waals surface area contributed by atoms with E-state index in [1.807, 2.05) is 17.8 Å². The van der Waals surface area contributed by atoms with Crippen LogP contribution in [0.3, 0.4) is 0 Å². The van der Waals surface area contributed by atoms with Crippen LogP contribution in [-0.2, 0) is 12.6 Å². The maximum atomic E-state index is 5.44. The monoisotopic (exact) mass is 247 g/mol. The Hall–Kier alpha value is -1.69. The van der Waals surface area contributed by atoms with Crippen LogP contribution in [-0.4, -0.2) is 26.2 Å². The third-order valence-corrected chi connectivity index (χ3v) is 3.70. The summed E-state index contributed by atoms with van der Waals surface area (Å²) in [6.45, 7) is 3.15. The summed E-state index contributed by atoms with van der Waals surface area (Å²) >= 11 is 0. The van der Waals surface area contributed by atoms with Crippen molar-refractivity contribution in [1.29, 1.82) is 0 Å². The minimum atomic E-state index is -0.142. The van der Waals surface area contributed by atoms with Crippen LogP contribution in [0.5, 0.6) is 0 Å². The van der Waals surface area contributed by atoms with Gasteiger partial charge in [0.25, 0.3) is 0 Å². The Kier molecular flexibility index (Phi) is 2.66. The largest absolute Gasteiger partial charge is 0.337 e. The average molecular weight is 247 g/mol. The summed E-state index contributed by atoms with van der Waals surface area (Å²) in [5.74, 6) is 1.97. The molecule has 6 nitrogen and oxygen atoms in total. The number of aryl methyl sites for hydroxylation is 1. The van der Waals surface area contributed by atoms with Gasteiger partial charge in [0.15, 0.2) is 5.82 Å². The molecule has 1 unspecified atom stereocenters. The Bertz CT molecular complexity index is 538. The predicted octanol–water partition coefficient (Wildman–Crippen LogP) is 1.46. The SMILES string of the molecule is CCC1(c2nc(-c3nccn3C)no2)CCCN1. The van der Waals surface area contributed by atoms with Crippen molar-refractivity contribution < 1.29 is 4.52 Å². The van der Waals surface area contributed by atoms with Gasteiger partial charge in [-0.1, -0.05) is 12.1 Å². The summed E-state index contributed by atoms with van der Waals surface area (Å²) in [6, 6.07) is 0. The number of rotatable bonds is 3. The van der Waals surface area contributed by atoms with E-state index < -0.39 is 0 Å². The third kappa shape index (κ3) is 1.64. The minimum Gasteiger partial charge on any atom is -0.337 e. The molecule has 18 heavy (non-hydrogen) atoms. The van der Waals surface area contributed by atoms with Gasteiger partial charge in [0.05, 0.1) is 5.54 Å². The van der Waals surface area contributed by atoms with Gasteiger partial charge in [-0.05, 0) is 25.8 Å². The smallest absolute Gasteiger partial charge is 0.247 e. The molecule has 1 N–H and O–H groups in total. The van der Waals surface area contributed by atoms with Crippen molar-refractivity contribution in [3.8, 4) is 11.6 Å². The fourth-order valence-electron chi connectivity index (χ4n) is 2.53. The van der Waals surface area contributed by atoms with Crippen LogP contribution in [0.15, 0.2) is 16.9 Å². The third-order valence-electron chi connectivity index (χ3n) is 3.70. The molecule has 0 radical (unpaired) electrons. The predicted molar refractivity (Wildman–Crippen MR) is 65.7 cm³/mol. The Morgan fingerprint density at radius 2 is 2.44 bits per heavy atom. The number of hydrogen-bond donors (Lipinski definition) is 1. The second kappa shape index (κ2) is 4.20. The normalized spacial score (nSPS) is 23.7. The van der Waals surface area contributed by atoms with E-state index >= 15 is 0 Å². The van der Waals surface area contributed by atoms with Crippen molar-refractivity contribution in [3.63, 3.8) is 0 Å². The molecule has 1 aliphatic rings. The fourth-order valence-corrected chi connectivity index (χ4v) is 2.53. The molecule has 1 fully saturated rings. The van der Waals surface area contributed by atoms with Crippen molar-refractivity contribution in [2.24, 2.45) is 7.05 Å². The lowest BCUT2D eigenvalue weighted by atomic mass is 9.94. The van der Waals surface area contributed by atoms with Crippen LogP contribution in [0, 0.1) is 0 Å². The second-order valence-electron chi connectivity index (χ2n) is 4.75. The number of nitrogens with zero attached hydrogens (tertiary/aromatic N) is 4. The molecule has 0 amide bonds. The molecule has 96 valence electrons. The highest BCUT2D eigenvalue weighted by atomic mass is 16.5. The van der Waals surface area contributed by atoms with Crippen molar-refractivity contribution >= 4 is 0 Å². The van der Waals surface area contributed by atoms with Crippen LogP contribution in [0.4, 0.5) is 0 Å². The summed E-state index contributed by atoms with van der Waals surface area (Å²) in [5.41, 5.74) is -0.142. The lowest BCUT2D eigenvalue weighted by Gasteiger charge is -2.22. The summed E-state index contributed by atoms with van der Waals surface area (Å²) < 4.78 is 7.33. The van der Waals surface area contributed by atoms with E-state index in [-0.39, 0.29) is 5.54 Å². The summed E-state index contributed by atoms with van der Waals surface area (Å²) in [7, 11) is 1.92. The molecule has 0 aromatic carbocycles. The van der Waals surface area contributed by atoms with Crippen LogP contribution in [0.25, 0.3) is 11.6 Å². The average Bonchev–Trinajstić information content (AvgIpc) is 3.08. The van der Waals surface area contributed by atoms with Crippen LogP contribution in [0.2, 0.25) is 0 Å². The highest BCUT2D eigenvalue weighted by molar-refractivity contribution is 5.42. The molecule has 2 aromatic rings. The Morgan fingerprint density at radius 1 is 1.56 bits per heavy atom. The van der Waals surface area contributed by atoms with Crippen LogP contribution < -0.4 is 5.32 Å². The van der Waals surface area contributed by atoms with Gasteiger partial charge in [-0.2, -0.15) is 4.98 Å². The highest BCUT2D eigenvalue weighted by Gasteiger charge is 2.39. The Balaban J connectivity index is 1.96. The molecule has 6 heteroatoms. The van der Waals surface area contributed by atoms with E-state index in [0.29, 0.717) is 11.7 Å². The summed E-state index contributed by atoms with van der Waals surface area (Å²) in [4.78, 5) is 8.75. The molecule has 3 rings (SSSR count). The zero-order chi connectivity index (χ0) is 12.6. The van der Waals surface area contributed by atoms with Crippen molar-refractivity contribution in [3.05, 3.63) is 18.3 Å². The molecular formula is C12H17N5O. The zero-order valence-electron chi connectivity index (χ0n) is 10.7. The first-order valence-electron chi connectivity index (χ1n) is 6.32. The molecular weight excluding hydrogens is 230 g/mol. The lowest BCUT2D eigenvalue weighted by molar-refractivity contribution is 0.250. The standard InChI is InChI=1S/C12H17N5O/c1-3-12(5-4-6-14-12)11-15-9(16-18-11)10-13-7-8-17(10)2/h7-8,14H,3-6H2,1-2H3. The molecule has 0 spiro atoms. The molecule has 1 saturated heterocycles. The fraction of sp³-hybridized carbons (Fsp3) is 0.583. The van der Waals surface area contributed by atoms with Gasteiger partial charge in [-0.15, -0.1) is 0 Å².